The molecular weight excluding hydrogens is 383 g/mol. The van der Waals surface area contributed by atoms with E-state index in [1.807, 2.05) is 0 Å². The predicted octanol–water partition coefficient (Wildman–Crippen LogP) is 3.54. The number of hydrogen-bond acceptors (Lipinski definition) is 5. The smallest absolute Gasteiger partial charge is 0.200 e. The molecular formula is C20H14F3N5O. The largest absolute Gasteiger partial charge is 0.505 e. The molecule has 9 heteroatoms. The van der Waals surface area contributed by atoms with E-state index in [9.17, 15) is 18.3 Å². The molecule has 0 amide bonds. The van der Waals surface area contributed by atoms with Gasteiger partial charge in [-0.25, -0.2) is 23.4 Å². The van der Waals surface area contributed by atoms with Crippen LogP contribution in [-0.4, -0.2) is 24.9 Å². The van der Waals surface area contributed by atoms with Gasteiger partial charge in [0.25, 0.3) is 0 Å². The highest BCUT2D eigenvalue weighted by Crippen LogP contribution is 2.37. The van der Waals surface area contributed by atoms with Crippen molar-refractivity contribution in [3.05, 3.63) is 65.2 Å². The maximum absolute atomic E-state index is 13.9. The van der Waals surface area contributed by atoms with Gasteiger partial charge < -0.3 is 10.8 Å². The summed E-state index contributed by atoms with van der Waals surface area (Å²) >= 11 is 0. The standard InChI is InChI=1S/C20H14F3N5O/c21-12-2-1-9-4-13(5-10(9)3-12)28-20-16(19(24)25-8-26-20)18(27-28)11-6-14(22)17(23)15(29)7-11/h1-3,6-8,13,29H,4-5H2,(H2,24,25,26). The predicted molar refractivity (Wildman–Crippen MR) is 99.6 cm³/mol. The van der Waals surface area contributed by atoms with Crippen LogP contribution >= 0.6 is 0 Å². The van der Waals surface area contributed by atoms with Crippen molar-refractivity contribution < 1.29 is 18.3 Å². The molecule has 3 N–H and O–H groups in total. The number of benzene rings is 2. The minimum absolute atomic E-state index is 0.127. The Bertz CT molecular complexity index is 1260. The van der Waals surface area contributed by atoms with Crippen LogP contribution in [0.15, 0.2) is 36.7 Å². The second kappa shape index (κ2) is 6.20. The minimum Gasteiger partial charge on any atom is -0.505 e. The number of rotatable bonds is 2. The number of nitrogen functional groups attached to an aromatic ring is 1. The summed E-state index contributed by atoms with van der Waals surface area (Å²) in [5.41, 5.74) is 8.73. The molecule has 1 aliphatic rings. The number of phenolic OH excluding ortho intramolecular Hbond substituents is 1. The summed E-state index contributed by atoms with van der Waals surface area (Å²) < 4.78 is 42.6. The van der Waals surface area contributed by atoms with Crippen molar-refractivity contribution in [1.29, 1.82) is 0 Å². The lowest BCUT2D eigenvalue weighted by atomic mass is 10.1. The monoisotopic (exact) mass is 397 g/mol. The van der Waals surface area contributed by atoms with Crippen LogP contribution in [0.25, 0.3) is 22.3 Å². The first kappa shape index (κ1) is 17.5. The van der Waals surface area contributed by atoms with Crippen LogP contribution in [-0.2, 0) is 12.8 Å². The summed E-state index contributed by atoms with van der Waals surface area (Å²) in [6, 6.07) is 6.52. The second-order valence-corrected chi connectivity index (χ2v) is 7.02. The average molecular weight is 397 g/mol. The van der Waals surface area contributed by atoms with Gasteiger partial charge in [-0.2, -0.15) is 9.49 Å². The molecule has 0 fully saturated rings. The zero-order valence-electron chi connectivity index (χ0n) is 14.9. The molecule has 5 rings (SSSR count). The van der Waals surface area contributed by atoms with Crippen molar-refractivity contribution in [2.24, 2.45) is 0 Å². The molecule has 0 spiro atoms. The Balaban J connectivity index is 1.68. The van der Waals surface area contributed by atoms with Crippen LogP contribution in [0, 0.1) is 17.5 Å². The maximum atomic E-state index is 13.9. The second-order valence-electron chi connectivity index (χ2n) is 7.02. The molecule has 146 valence electrons. The van der Waals surface area contributed by atoms with E-state index in [1.54, 1.807) is 10.7 Å². The molecule has 0 saturated carbocycles. The average Bonchev–Trinajstić information content (AvgIpc) is 3.27. The highest BCUT2D eigenvalue weighted by atomic mass is 19.2. The van der Waals surface area contributed by atoms with E-state index >= 15 is 0 Å². The van der Waals surface area contributed by atoms with Crippen molar-refractivity contribution in [3.8, 4) is 17.0 Å². The molecule has 0 aliphatic heterocycles. The van der Waals surface area contributed by atoms with Gasteiger partial charge in [0.2, 0.25) is 0 Å². The fraction of sp³-hybridized carbons (Fsp3) is 0.150. The van der Waals surface area contributed by atoms with Gasteiger partial charge in [-0.05, 0) is 48.2 Å². The SMILES string of the molecule is Nc1ncnc2c1c(-c1cc(O)c(F)c(F)c1)nn2C1Cc2ccc(F)cc2C1. The van der Waals surface area contributed by atoms with Crippen molar-refractivity contribution in [3.63, 3.8) is 0 Å². The molecule has 4 aromatic rings. The van der Waals surface area contributed by atoms with Crippen LogP contribution in [0.4, 0.5) is 19.0 Å². The molecule has 2 heterocycles. The topological polar surface area (TPSA) is 89.8 Å². The minimum atomic E-state index is -1.34. The van der Waals surface area contributed by atoms with Crippen molar-refractivity contribution in [2.45, 2.75) is 18.9 Å². The van der Waals surface area contributed by atoms with Crippen molar-refractivity contribution in [2.75, 3.05) is 5.73 Å². The summed E-state index contributed by atoms with van der Waals surface area (Å²) in [6.45, 7) is 0. The van der Waals surface area contributed by atoms with Gasteiger partial charge in [0.05, 0.1) is 11.4 Å². The lowest BCUT2D eigenvalue weighted by Gasteiger charge is -2.10. The Morgan fingerprint density at radius 1 is 1.03 bits per heavy atom. The van der Waals surface area contributed by atoms with Crippen LogP contribution in [0.5, 0.6) is 5.75 Å². The summed E-state index contributed by atoms with van der Waals surface area (Å²) in [4.78, 5) is 8.26. The van der Waals surface area contributed by atoms with Gasteiger partial charge in [0, 0.05) is 5.56 Å². The third-order valence-corrected chi connectivity index (χ3v) is 5.23. The zero-order valence-corrected chi connectivity index (χ0v) is 14.9. The molecule has 2 aromatic carbocycles. The third-order valence-electron chi connectivity index (χ3n) is 5.23. The lowest BCUT2D eigenvalue weighted by molar-refractivity contribution is 0.407. The van der Waals surface area contributed by atoms with E-state index in [0.717, 1.165) is 23.3 Å². The highest BCUT2D eigenvalue weighted by molar-refractivity contribution is 5.98. The number of halogens is 3. The van der Waals surface area contributed by atoms with E-state index in [2.05, 4.69) is 15.1 Å². The first-order valence-corrected chi connectivity index (χ1v) is 8.86. The quantitative estimate of drug-likeness (QED) is 0.540. The molecule has 1 unspecified atom stereocenters. The molecule has 6 nitrogen and oxygen atoms in total. The Morgan fingerprint density at radius 3 is 2.62 bits per heavy atom. The van der Waals surface area contributed by atoms with Crippen LogP contribution < -0.4 is 5.73 Å². The molecule has 1 atom stereocenters. The summed E-state index contributed by atoms with van der Waals surface area (Å²) in [5.74, 6) is -3.56. The van der Waals surface area contributed by atoms with E-state index < -0.39 is 17.4 Å². The molecule has 0 saturated heterocycles. The lowest BCUT2D eigenvalue weighted by Crippen LogP contribution is -2.11. The zero-order chi connectivity index (χ0) is 20.3. The fourth-order valence-electron chi connectivity index (χ4n) is 3.90. The van der Waals surface area contributed by atoms with Gasteiger partial charge in [-0.1, -0.05) is 6.07 Å². The number of fused-ring (bicyclic) bond motifs is 2. The first-order chi connectivity index (χ1) is 13.9. The summed E-state index contributed by atoms with van der Waals surface area (Å²) in [7, 11) is 0. The van der Waals surface area contributed by atoms with Crippen LogP contribution in [0.1, 0.15) is 17.2 Å². The molecule has 0 radical (unpaired) electrons. The Labute approximate surface area is 162 Å². The molecule has 0 bridgehead atoms. The number of aromatic nitrogens is 4. The first-order valence-electron chi connectivity index (χ1n) is 8.86. The highest BCUT2D eigenvalue weighted by Gasteiger charge is 2.28. The van der Waals surface area contributed by atoms with Crippen molar-refractivity contribution in [1.82, 2.24) is 19.7 Å². The summed E-state index contributed by atoms with van der Waals surface area (Å²) in [5, 5.41) is 14.6. The number of aromatic hydroxyl groups is 1. The van der Waals surface area contributed by atoms with E-state index in [-0.39, 0.29) is 28.9 Å². The number of nitrogens with zero attached hydrogens (tertiary/aromatic N) is 4. The van der Waals surface area contributed by atoms with E-state index in [1.165, 1.54) is 18.5 Å². The molecule has 29 heavy (non-hydrogen) atoms. The Morgan fingerprint density at radius 2 is 1.83 bits per heavy atom. The Hall–Kier alpha value is -3.62. The normalized spacial score (nSPS) is 15.8. The van der Waals surface area contributed by atoms with Gasteiger partial charge in [-0.15, -0.1) is 0 Å². The number of nitrogens with two attached hydrogens (primary N) is 1. The van der Waals surface area contributed by atoms with Crippen LogP contribution in [0.3, 0.4) is 0 Å². The maximum Gasteiger partial charge on any atom is 0.200 e. The van der Waals surface area contributed by atoms with Gasteiger partial charge in [0.1, 0.15) is 23.7 Å². The number of phenols is 1. The van der Waals surface area contributed by atoms with Crippen molar-refractivity contribution >= 4 is 16.9 Å². The third kappa shape index (κ3) is 2.69. The molecule has 1 aliphatic carbocycles. The van der Waals surface area contributed by atoms with Gasteiger partial charge in [0.15, 0.2) is 23.0 Å². The van der Waals surface area contributed by atoms with E-state index in [0.29, 0.717) is 23.9 Å². The number of anilines is 1. The Kier molecular flexibility index (Phi) is 3.73. The van der Waals surface area contributed by atoms with Gasteiger partial charge in [-0.3, -0.25) is 0 Å². The summed E-state index contributed by atoms with van der Waals surface area (Å²) in [6.07, 6.45) is 2.44. The van der Waals surface area contributed by atoms with Crippen LogP contribution in [0.2, 0.25) is 0 Å². The van der Waals surface area contributed by atoms with E-state index in [4.69, 9.17) is 5.73 Å². The number of hydrogen-bond donors (Lipinski definition) is 2. The molecule has 2 aromatic heterocycles. The fourth-order valence-corrected chi connectivity index (χ4v) is 3.90. The van der Waals surface area contributed by atoms with Gasteiger partial charge >= 0.3 is 0 Å².